The van der Waals surface area contributed by atoms with Gasteiger partial charge in [-0.15, -0.1) is 0 Å². The molecule has 0 aromatic heterocycles. The Morgan fingerprint density at radius 1 is 1.50 bits per heavy atom. The van der Waals surface area contributed by atoms with Crippen LogP contribution in [0.4, 0.5) is 0 Å². The molecule has 1 unspecified atom stereocenters. The summed E-state index contributed by atoms with van der Waals surface area (Å²) in [6, 6.07) is 0. The van der Waals surface area contributed by atoms with Crippen LogP contribution < -0.4 is 5.43 Å². The fourth-order valence-electron chi connectivity index (χ4n) is 0.727. The summed E-state index contributed by atoms with van der Waals surface area (Å²) in [5.41, 5.74) is 3.63. The van der Waals surface area contributed by atoms with Crippen LogP contribution in [0.25, 0.3) is 0 Å². The molecule has 0 aromatic carbocycles. The number of ether oxygens (including phenoxy) is 1. The van der Waals surface area contributed by atoms with Crippen LogP contribution in [0.3, 0.4) is 0 Å². The Kier molecular flexibility index (Phi) is 4.80. The van der Waals surface area contributed by atoms with E-state index < -0.39 is 0 Å². The molecule has 0 bridgehead atoms. The van der Waals surface area contributed by atoms with Gasteiger partial charge >= 0.3 is 5.97 Å². The minimum Gasteiger partial charge on any atom is -0.458 e. The monoisotopic (exact) mass is 201 g/mol. The second-order valence-corrected chi connectivity index (χ2v) is 4.37. The topological polar surface area (TPSA) is 38.3 Å². The molecule has 0 fully saturated rings. The molecule has 0 spiro atoms. The molecule has 0 heterocycles. The van der Waals surface area contributed by atoms with E-state index in [1.165, 1.54) is 0 Å². The van der Waals surface area contributed by atoms with Crippen LogP contribution in [0, 0.1) is 0 Å². The lowest BCUT2D eigenvalue weighted by atomic mass is 10.3. The molecule has 4 nitrogen and oxygen atoms in total. The maximum atomic E-state index is 11.1. The van der Waals surface area contributed by atoms with Crippen LogP contribution in [-0.2, 0) is 9.53 Å². The van der Waals surface area contributed by atoms with Gasteiger partial charge in [-0.3, -0.25) is 4.59 Å². The summed E-state index contributed by atoms with van der Waals surface area (Å²) < 4.78 is 5.73. The molecule has 82 valence electrons. The molecular weight excluding hydrogens is 180 g/mol. The second-order valence-electron chi connectivity index (χ2n) is 4.37. The predicted octanol–water partition coefficient (Wildman–Crippen LogP) is 0.705. The fraction of sp³-hybridized carbons (Fsp3) is 0.700. The normalized spacial score (nSPS) is 13.5. The van der Waals surface area contributed by atoms with Gasteiger partial charge in [-0.25, -0.2) is 4.79 Å². The molecule has 14 heavy (non-hydrogen) atoms. The molecule has 0 saturated heterocycles. The maximum Gasteiger partial charge on any atom is 0.333 e. The van der Waals surface area contributed by atoms with Crippen LogP contribution in [0.2, 0.25) is 0 Å². The summed E-state index contributed by atoms with van der Waals surface area (Å²) in [5.74, 6) is -0.333. The number of quaternary nitrogens is 1. The first-order chi connectivity index (χ1) is 6.22. The van der Waals surface area contributed by atoms with Crippen molar-refractivity contribution < 1.29 is 14.1 Å². The molecule has 0 aromatic rings. The number of carbonyl (C=O) groups is 1. The summed E-state index contributed by atoms with van der Waals surface area (Å²) in [7, 11) is 6.02. The Bertz CT molecular complexity index is 219. The molecular formula is C10H21N2O2+. The average molecular weight is 201 g/mol. The van der Waals surface area contributed by atoms with Gasteiger partial charge in [0.1, 0.15) is 6.10 Å². The summed E-state index contributed by atoms with van der Waals surface area (Å²) >= 11 is 0. The number of nitrogens with zero attached hydrogens (tertiary/aromatic N) is 1. The standard InChI is InChI=1S/C10H21N2O2/c1-8(2)10(13)14-9(3)7-11-12(4,5)6/h9,11H,1,7H2,2-6H3/q+1. The average Bonchev–Trinajstić information content (AvgIpc) is 1.99. The van der Waals surface area contributed by atoms with E-state index in [0.29, 0.717) is 16.7 Å². The molecule has 1 N–H and O–H groups in total. The molecule has 0 aliphatic rings. The van der Waals surface area contributed by atoms with Gasteiger partial charge in [0.05, 0.1) is 27.7 Å². The van der Waals surface area contributed by atoms with Gasteiger partial charge in [-0.05, 0) is 13.8 Å². The number of hydrogen-bond donors (Lipinski definition) is 1. The molecule has 4 heteroatoms. The lowest BCUT2D eigenvalue weighted by molar-refractivity contribution is -0.915. The number of esters is 1. The van der Waals surface area contributed by atoms with Crippen LogP contribution in [0.5, 0.6) is 0 Å². The lowest BCUT2D eigenvalue weighted by Gasteiger charge is -2.25. The first-order valence-corrected chi connectivity index (χ1v) is 4.65. The summed E-state index contributed by atoms with van der Waals surface area (Å²) in [4.78, 5) is 11.1. The summed E-state index contributed by atoms with van der Waals surface area (Å²) in [6.45, 7) is 7.64. The zero-order valence-electron chi connectivity index (χ0n) is 9.76. The first-order valence-electron chi connectivity index (χ1n) is 4.65. The lowest BCUT2D eigenvalue weighted by Crippen LogP contribution is -2.50. The quantitative estimate of drug-likeness (QED) is 0.308. The van der Waals surface area contributed by atoms with Crippen molar-refractivity contribution in [2.24, 2.45) is 0 Å². The van der Waals surface area contributed by atoms with E-state index in [4.69, 9.17) is 4.74 Å². The summed E-state index contributed by atoms with van der Waals surface area (Å²) in [6.07, 6.45) is -0.142. The van der Waals surface area contributed by atoms with E-state index in [0.717, 1.165) is 0 Å². The Morgan fingerprint density at radius 2 is 2.00 bits per heavy atom. The van der Waals surface area contributed by atoms with Gasteiger partial charge in [0.25, 0.3) is 0 Å². The van der Waals surface area contributed by atoms with Crippen molar-refractivity contribution in [3.63, 3.8) is 0 Å². The number of hydrogen-bond acceptors (Lipinski definition) is 3. The molecule has 0 aliphatic heterocycles. The van der Waals surface area contributed by atoms with E-state index in [1.54, 1.807) is 6.92 Å². The zero-order valence-corrected chi connectivity index (χ0v) is 9.76. The minimum absolute atomic E-state index is 0.142. The smallest absolute Gasteiger partial charge is 0.333 e. The summed E-state index contributed by atoms with van der Waals surface area (Å²) in [5, 5.41) is 0. The van der Waals surface area contributed by atoms with Crippen molar-refractivity contribution in [3.05, 3.63) is 12.2 Å². The highest BCUT2D eigenvalue weighted by Gasteiger charge is 2.13. The van der Waals surface area contributed by atoms with Crippen molar-refractivity contribution in [2.45, 2.75) is 20.0 Å². The third kappa shape index (κ3) is 6.62. The SMILES string of the molecule is C=C(C)C(=O)OC(C)CN[N+](C)(C)C. The number of nitrogens with one attached hydrogen (secondary N) is 1. The Balaban J connectivity index is 3.82. The van der Waals surface area contributed by atoms with Crippen molar-refractivity contribution in [1.82, 2.24) is 5.43 Å². The van der Waals surface area contributed by atoms with Crippen LogP contribution in [-0.4, -0.2) is 44.4 Å². The fourth-order valence-corrected chi connectivity index (χ4v) is 0.727. The zero-order chi connectivity index (χ0) is 11.4. The maximum absolute atomic E-state index is 11.1. The van der Waals surface area contributed by atoms with Crippen LogP contribution in [0.15, 0.2) is 12.2 Å². The number of carbonyl (C=O) groups excluding carboxylic acids is 1. The highest BCUT2D eigenvalue weighted by Crippen LogP contribution is 1.97. The van der Waals surface area contributed by atoms with Crippen molar-refractivity contribution in [1.29, 1.82) is 0 Å². The van der Waals surface area contributed by atoms with Crippen molar-refractivity contribution in [3.8, 4) is 0 Å². The highest BCUT2D eigenvalue weighted by atomic mass is 16.5. The third-order valence-electron chi connectivity index (χ3n) is 1.51. The van der Waals surface area contributed by atoms with E-state index in [9.17, 15) is 4.79 Å². The van der Waals surface area contributed by atoms with Gasteiger partial charge < -0.3 is 4.74 Å². The third-order valence-corrected chi connectivity index (χ3v) is 1.51. The van der Waals surface area contributed by atoms with E-state index in [-0.39, 0.29) is 12.1 Å². The predicted molar refractivity (Wildman–Crippen MR) is 56.4 cm³/mol. The molecule has 0 radical (unpaired) electrons. The molecule has 0 amide bonds. The van der Waals surface area contributed by atoms with Crippen LogP contribution in [0.1, 0.15) is 13.8 Å². The molecule has 1 atom stereocenters. The van der Waals surface area contributed by atoms with Crippen molar-refractivity contribution >= 4 is 5.97 Å². The number of rotatable bonds is 5. The highest BCUT2D eigenvalue weighted by molar-refractivity contribution is 5.87. The van der Waals surface area contributed by atoms with Gasteiger partial charge in [0, 0.05) is 5.57 Å². The van der Waals surface area contributed by atoms with Gasteiger partial charge in [0.15, 0.2) is 0 Å². The van der Waals surface area contributed by atoms with Gasteiger partial charge in [0.2, 0.25) is 0 Å². The largest absolute Gasteiger partial charge is 0.458 e. The Hall–Kier alpha value is -0.870. The van der Waals surface area contributed by atoms with Crippen molar-refractivity contribution in [2.75, 3.05) is 27.7 Å². The van der Waals surface area contributed by atoms with E-state index >= 15 is 0 Å². The van der Waals surface area contributed by atoms with Crippen LogP contribution >= 0.6 is 0 Å². The van der Waals surface area contributed by atoms with E-state index in [1.807, 2.05) is 28.1 Å². The van der Waals surface area contributed by atoms with Gasteiger partial charge in [-0.2, -0.15) is 5.43 Å². The minimum atomic E-state index is -0.333. The molecule has 0 rings (SSSR count). The van der Waals surface area contributed by atoms with E-state index in [2.05, 4.69) is 12.0 Å². The Labute approximate surface area is 86.1 Å². The van der Waals surface area contributed by atoms with Gasteiger partial charge in [-0.1, -0.05) is 6.58 Å². The first kappa shape index (κ1) is 13.1. The second kappa shape index (κ2) is 5.12. The Morgan fingerprint density at radius 3 is 2.36 bits per heavy atom. The molecule has 0 saturated carbocycles. The molecule has 0 aliphatic carbocycles.